The van der Waals surface area contributed by atoms with Crippen molar-refractivity contribution < 1.29 is 18.0 Å². The number of rotatable bonds is 2. The molecule has 0 spiro atoms. The highest BCUT2D eigenvalue weighted by atomic mass is 35.5. The van der Waals surface area contributed by atoms with Gasteiger partial charge in [-0.05, 0) is 32.3 Å². The van der Waals surface area contributed by atoms with E-state index in [1.165, 1.54) is 0 Å². The molecule has 0 unspecified atom stereocenters. The first-order valence-corrected chi connectivity index (χ1v) is 7.34. The lowest BCUT2D eigenvalue weighted by atomic mass is 10.0. The van der Waals surface area contributed by atoms with E-state index in [1.807, 2.05) is 6.92 Å². The Kier molecular flexibility index (Phi) is 4.84. The molecule has 0 aliphatic carbocycles. The lowest BCUT2D eigenvalue weighted by Gasteiger charge is -2.33. The summed E-state index contributed by atoms with van der Waals surface area (Å²) >= 11 is 5.56. The van der Waals surface area contributed by atoms with Gasteiger partial charge in [0.05, 0.1) is 5.56 Å². The van der Waals surface area contributed by atoms with Crippen LogP contribution in [0.25, 0.3) is 0 Å². The van der Waals surface area contributed by atoms with Gasteiger partial charge in [0.1, 0.15) is 11.6 Å². The fourth-order valence-electron chi connectivity index (χ4n) is 2.58. The molecule has 1 aliphatic heterocycles. The van der Waals surface area contributed by atoms with Crippen molar-refractivity contribution in [3.63, 3.8) is 0 Å². The van der Waals surface area contributed by atoms with Gasteiger partial charge in [-0.1, -0.05) is 11.6 Å². The van der Waals surface area contributed by atoms with Crippen LogP contribution in [0, 0.1) is 0 Å². The van der Waals surface area contributed by atoms with Crippen LogP contribution in [0.1, 0.15) is 31.7 Å². The van der Waals surface area contributed by atoms with Gasteiger partial charge in [0, 0.05) is 18.8 Å². The van der Waals surface area contributed by atoms with Gasteiger partial charge in [-0.2, -0.15) is 13.2 Å². The first-order valence-electron chi connectivity index (χ1n) is 6.97. The van der Waals surface area contributed by atoms with Crippen LogP contribution in [-0.2, 0) is 17.5 Å². The number of piperidine rings is 1. The third-order valence-corrected chi connectivity index (χ3v) is 4.07. The monoisotopic (exact) mass is 336 g/mol. The molecule has 1 aromatic heterocycles. The SMILES string of the molecule is C[C@H]1CCCCN1C(=O)Cn1cc(C(F)(F)F)cc(Cl)c1=O. The second-order valence-corrected chi connectivity index (χ2v) is 5.85. The first-order chi connectivity index (χ1) is 10.2. The Labute approximate surface area is 130 Å². The highest BCUT2D eigenvalue weighted by Crippen LogP contribution is 2.29. The Morgan fingerprint density at radius 3 is 2.68 bits per heavy atom. The maximum absolute atomic E-state index is 12.8. The van der Waals surface area contributed by atoms with Crippen LogP contribution < -0.4 is 5.56 Å². The predicted octanol–water partition coefficient (Wildman–Crippen LogP) is 2.92. The molecule has 2 heterocycles. The Morgan fingerprint density at radius 1 is 1.41 bits per heavy atom. The highest BCUT2D eigenvalue weighted by molar-refractivity contribution is 6.30. The van der Waals surface area contributed by atoms with E-state index in [1.54, 1.807) is 4.90 Å². The third kappa shape index (κ3) is 3.63. The van der Waals surface area contributed by atoms with Gasteiger partial charge in [0.15, 0.2) is 0 Å². The summed E-state index contributed by atoms with van der Waals surface area (Å²) in [5, 5.41) is -0.547. The lowest BCUT2D eigenvalue weighted by Crippen LogP contribution is -2.44. The standard InChI is InChI=1S/C14H16ClF3N2O2/c1-9-4-2-3-5-20(9)12(21)8-19-7-10(14(16,17)18)6-11(15)13(19)22/h6-7,9H,2-5,8H2,1H3/t9-/m0/s1. The van der Waals surface area contributed by atoms with Crippen LogP contribution in [0.3, 0.4) is 0 Å². The van der Waals surface area contributed by atoms with Gasteiger partial charge in [-0.25, -0.2) is 0 Å². The second kappa shape index (κ2) is 6.32. The average Bonchev–Trinajstić information content (AvgIpc) is 2.42. The molecular formula is C14H16ClF3N2O2. The van der Waals surface area contributed by atoms with Gasteiger partial charge in [-0.3, -0.25) is 9.59 Å². The van der Waals surface area contributed by atoms with Crippen molar-refractivity contribution in [1.29, 1.82) is 0 Å². The topological polar surface area (TPSA) is 42.3 Å². The number of likely N-dealkylation sites (tertiary alicyclic amines) is 1. The minimum Gasteiger partial charge on any atom is -0.338 e. The minimum atomic E-state index is -4.62. The van der Waals surface area contributed by atoms with Gasteiger partial charge in [-0.15, -0.1) is 0 Å². The van der Waals surface area contributed by atoms with Gasteiger partial charge >= 0.3 is 6.18 Å². The summed E-state index contributed by atoms with van der Waals surface area (Å²) in [5.74, 6) is -0.371. The summed E-state index contributed by atoms with van der Waals surface area (Å²) in [7, 11) is 0. The lowest BCUT2D eigenvalue weighted by molar-refractivity contribution is -0.139. The van der Waals surface area contributed by atoms with Crippen LogP contribution in [0.4, 0.5) is 13.2 Å². The van der Waals surface area contributed by atoms with Crippen molar-refractivity contribution in [2.24, 2.45) is 0 Å². The number of hydrogen-bond donors (Lipinski definition) is 0. The van der Waals surface area contributed by atoms with E-state index in [9.17, 15) is 22.8 Å². The molecule has 1 saturated heterocycles. The minimum absolute atomic E-state index is 0.0261. The summed E-state index contributed by atoms with van der Waals surface area (Å²) in [5.41, 5.74) is -1.84. The number of alkyl halides is 3. The van der Waals surface area contributed by atoms with Crippen LogP contribution in [-0.4, -0.2) is 28.0 Å². The van der Waals surface area contributed by atoms with E-state index in [0.717, 1.165) is 23.8 Å². The first kappa shape index (κ1) is 16.9. The van der Waals surface area contributed by atoms with E-state index in [0.29, 0.717) is 18.8 Å². The molecule has 122 valence electrons. The van der Waals surface area contributed by atoms with Crippen molar-refractivity contribution in [2.45, 2.75) is 44.9 Å². The van der Waals surface area contributed by atoms with Crippen molar-refractivity contribution in [3.05, 3.63) is 33.2 Å². The fraction of sp³-hybridized carbons (Fsp3) is 0.571. The van der Waals surface area contributed by atoms with Crippen molar-refractivity contribution >= 4 is 17.5 Å². The maximum Gasteiger partial charge on any atom is 0.417 e. The molecule has 0 radical (unpaired) electrons. The smallest absolute Gasteiger partial charge is 0.338 e. The number of amides is 1. The van der Waals surface area contributed by atoms with E-state index >= 15 is 0 Å². The summed E-state index contributed by atoms with van der Waals surface area (Å²) in [6.07, 6.45) is -1.26. The molecule has 1 fully saturated rings. The fourth-order valence-corrected chi connectivity index (χ4v) is 2.80. The normalized spacial score (nSPS) is 19.3. The molecule has 4 nitrogen and oxygen atoms in total. The molecule has 2 rings (SSSR count). The highest BCUT2D eigenvalue weighted by Gasteiger charge is 2.32. The molecule has 1 amide bonds. The largest absolute Gasteiger partial charge is 0.417 e. The van der Waals surface area contributed by atoms with Crippen LogP contribution in [0.5, 0.6) is 0 Å². The zero-order valence-corrected chi connectivity index (χ0v) is 12.7. The van der Waals surface area contributed by atoms with E-state index < -0.39 is 28.9 Å². The molecule has 1 atom stereocenters. The number of aromatic nitrogens is 1. The number of carbonyl (C=O) groups is 1. The number of halogens is 4. The zero-order chi connectivity index (χ0) is 16.5. The quantitative estimate of drug-likeness (QED) is 0.833. The average molecular weight is 337 g/mol. The number of pyridine rings is 1. The Hall–Kier alpha value is -1.50. The molecule has 0 aromatic carbocycles. The maximum atomic E-state index is 12.8. The summed E-state index contributed by atoms with van der Waals surface area (Å²) in [6.45, 7) is 2.01. The zero-order valence-electron chi connectivity index (χ0n) is 12.0. The number of carbonyl (C=O) groups excluding carboxylic acids is 1. The molecule has 8 heteroatoms. The Bertz CT molecular complexity index is 627. The van der Waals surface area contributed by atoms with E-state index in [2.05, 4.69) is 0 Å². The molecule has 1 aromatic rings. The molecule has 0 bridgehead atoms. The summed E-state index contributed by atoms with van der Waals surface area (Å²) < 4.78 is 39.0. The van der Waals surface area contributed by atoms with Crippen molar-refractivity contribution in [2.75, 3.05) is 6.54 Å². The second-order valence-electron chi connectivity index (χ2n) is 5.44. The summed E-state index contributed by atoms with van der Waals surface area (Å²) in [6, 6.07) is 0.604. The Morgan fingerprint density at radius 2 is 2.09 bits per heavy atom. The molecule has 0 saturated carbocycles. The van der Waals surface area contributed by atoms with Crippen molar-refractivity contribution in [1.82, 2.24) is 9.47 Å². The van der Waals surface area contributed by atoms with Gasteiger partial charge < -0.3 is 9.47 Å². The van der Waals surface area contributed by atoms with Gasteiger partial charge in [0.2, 0.25) is 5.91 Å². The van der Waals surface area contributed by atoms with Crippen molar-refractivity contribution in [3.8, 4) is 0 Å². The van der Waals surface area contributed by atoms with Crippen LogP contribution in [0.2, 0.25) is 5.02 Å². The molecule has 1 aliphatic rings. The summed E-state index contributed by atoms with van der Waals surface area (Å²) in [4.78, 5) is 25.7. The molecule has 0 N–H and O–H groups in total. The third-order valence-electron chi connectivity index (χ3n) is 3.80. The predicted molar refractivity (Wildman–Crippen MR) is 75.7 cm³/mol. The molecular weight excluding hydrogens is 321 g/mol. The van der Waals surface area contributed by atoms with Gasteiger partial charge in [0.25, 0.3) is 5.56 Å². The molecule has 22 heavy (non-hydrogen) atoms. The Balaban J connectivity index is 2.27. The van der Waals surface area contributed by atoms with Crippen LogP contribution in [0.15, 0.2) is 17.1 Å². The van der Waals surface area contributed by atoms with E-state index in [-0.39, 0.29) is 11.9 Å². The number of nitrogens with zero attached hydrogens (tertiary/aromatic N) is 2. The number of hydrogen-bond acceptors (Lipinski definition) is 2. The van der Waals surface area contributed by atoms with Crippen LogP contribution >= 0.6 is 11.6 Å². The van der Waals surface area contributed by atoms with E-state index in [4.69, 9.17) is 11.6 Å².